The SMILES string of the molecule is CC(=O)Nc1ccc(F)c(C(=O)NC(C)C(NC(=O)c2cc(C)oc2C)c2ccccc2)c1. The smallest absolute Gasteiger partial charge is 0.255 e. The maximum Gasteiger partial charge on any atom is 0.255 e. The fourth-order valence-corrected chi connectivity index (χ4v) is 3.58. The van der Waals surface area contributed by atoms with Gasteiger partial charge in [-0.05, 0) is 50.6 Å². The maximum atomic E-state index is 14.4. The molecule has 3 aromatic rings. The van der Waals surface area contributed by atoms with Gasteiger partial charge in [-0.2, -0.15) is 0 Å². The van der Waals surface area contributed by atoms with Crippen LogP contribution in [0.3, 0.4) is 0 Å². The van der Waals surface area contributed by atoms with E-state index in [0.717, 1.165) is 11.6 Å². The first-order valence-electron chi connectivity index (χ1n) is 10.5. The molecule has 1 aromatic heterocycles. The van der Waals surface area contributed by atoms with Crippen LogP contribution < -0.4 is 16.0 Å². The molecule has 3 N–H and O–H groups in total. The first-order valence-corrected chi connectivity index (χ1v) is 10.5. The Balaban J connectivity index is 1.84. The molecular weight excluding hydrogens is 425 g/mol. The van der Waals surface area contributed by atoms with Crippen molar-refractivity contribution in [3.63, 3.8) is 0 Å². The highest BCUT2D eigenvalue weighted by Gasteiger charge is 2.26. The Hall–Kier alpha value is -3.94. The summed E-state index contributed by atoms with van der Waals surface area (Å²) in [6, 6.07) is 13.4. The number of aryl methyl sites for hydroxylation is 2. The largest absolute Gasteiger partial charge is 0.466 e. The summed E-state index contributed by atoms with van der Waals surface area (Å²) in [5.41, 5.74) is 1.26. The molecule has 0 bridgehead atoms. The summed E-state index contributed by atoms with van der Waals surface area (Å²) >= 11 is 0. The Kier molecular flexibility index (Phi) is 7.27. The highest BCUT2D eigenvalue weighted by atomic mass is 19.1. The Labute approximate surface area is 191 Å². The van der Waals surface area contributed by atoms with Gasteiger partial charge in [0.1, 0.15) is 17.3 Å². The van der Waals surface area contributed by atoms with Crippen molar-refractivity contribution >= 4 is 23.4 Å². The van der Waals surface area contributed by atoms with E-state index < -0.39 is 23.8 Å². The van der Waals surface area contributed by atoms with Gasteiger partial charge in [-0.15, -0.1) is 0 Å². The van der Waals surface area contributed by atoms with E-state index in [2.05, 4.69) is 16.0 Å². The zero-order chi connectivity index (χ0) is 24.1. The molecule has 1 heterocycles. The predicted octanol–water partition coefficient (Wildman–Crippen LogP) is 4.28. The van der Waals surface area contributed by atoms with Gasteiger partial charge in [-0.25, -0.2) is 4.39 Å². The van der Waals surface area contributed by atoms with Gasteiger partial charge in [0.2, 0.25) is 5.91 Å². The molecule has 172 valence electrons. The van der Waals surface area contributed by atoms with Gasteiger partial charge in [-0.3, -0.25) is 14.4 Å². The van der Waals surface area contributed by atoms with Crippen LogP contribution in [0.4, 0.5) is 10.1 Å². The second kappa shape index (κ2) is 10.1. The van der Waals surface area contributed by atoms with Gasteiger partial charge < -0.3 is 20.4 Å². The van der Waals surface area contributed by atoms with Crippen molar-refractivity contribution in [3.8, 4) is 0 Å². The van der Waals surface area contributed by atoms with E-state index in [9.17, 15) is 18.8 Å². The topological polar surface area (TPSA) is 100 Å². The quantitative estimate of drug-likeness (QED) is 0.499. The average molecular weight is 451 g/mol. The summed E-state index contributed by atoms with van der Waals surface area (Å²) in [5.74, 6) is -0.970. The van der Waals surface area contributed by atoms with Gasteiger partial charge in [0, 0.05) is 12.6 Å². The Morgan fingerprint density at radius 2 is 1.58 bits per heavy atom. The molecule has 0 saturated heterocycles. The monoisotopic (exact) mass is 451 g/mol. The molecule has 0 saturated carbocycles. The van der Waals surface area contributed by atoms with Gasteiger partial charge in [-0.1, -0.05) is 30.3 Å². The van der Waals surface area contributed by atoms with Crippen molar-refractivity contribution < 1.29 is 23.2 Å². The van der Waals surface area contributed by atoms with E-state index in [1.807, 2.05) is 30.3 Å². The molecule has 8 heteroatoms. The second-order valence-corrected chi connectivity index (χ2v) is 7.83. The summed E-state index contributed by atoms with van der Waals surface area (Å²) < 4.78 is 19.8. The average Bonchev–Trinajstić information content (AvgIpc) is 3.11. The zero-order valence-electron chi connectivity index (χ0n) is 18.9. The summed E-state index contributed by atoms with van der Waals surface area (Å²) in [5, 5.41) is 8.24. The second-order valence-electron chi connectivity index (χ2n) is 7.83. The number of carbonyl (C=O) groups is 3. The first-order chi connectivity index (χ1) is 15.7. The number of benzene rings is 2. The van der Waals surface area contributed by atoms with Crippen LogP contribution in [0.5, 0.6) is 0 Å². The normalized spacial score (nSPS) is 12.5. The van der Waals surface area contributed by atoms with Gasteiger partial charge in [0.15, 0.2) is 0 Å². The van der Waals surface area contributed by atoms with Gasteiger partial charge in [0.25, 0.3) is 11.8 Å². The number of rotatable bonds is 7. The number of anilines is 1. The van der Waals surface area contributed by atoms with Crippen molar-refractivity contribution in [3.05, 3.63) is 88.6 Å². The minimum Gasteiger partial charge on any atom is -0.466 e. The summed E-state index contributed by atoms with van der Waals surface area (Å²) in [6.45, 7) is 6.50. The lowest BCUT2D eigenvalue weighted by Gasteiger charge is -2.26. The molecule has 2 unspecified atom stereocenters. The van der Waals surface area contributed by atoms with E-state index in [4.69, 9.17) is 4.42 Å². The Morgan fingerprint density at radius 3 is 2.18 bits per heavy atom. The molecule has 33 heavy (non-hydrogen) atoms. The number of furan rings is 1. The Morgan fingerprint density at radius 1 is 0.909 bits per heavy atom. The molecule has 0 aliphatic carbocycles. The third kappa shape index (κ3) is 5.85. The molecule has 2 aromatic carbocycles. The van der Waals surface area contributed by atoms with Crippen molar-refractivity contribution in [1.29, 1.82) is 0 Å². The van der Waals surface area contributed by atoms with Crippen molar-refractivity contribution in [1.82, 2.24) is 10.6 Å². The number of halogens is 1. The van der Waals surface area contributed by atoms with E-state index in [1.54, 1.807) is 26.8 Å². The minimum absolute atomic E-state index is 0.215. The molecule has 7 nitrogen and oxygen atoms in total. The molecule has 0 aliphatic rings. The highest BCUT2D eigenvalue weighted by Crippen LogP contribution is 2.21. The molecule has 0 fully saturated rings. The predicted molar refractivity (Wildman–Crippen MR) is 122 cm³/mol. The highest BCUT2D eigenvalue weighted by molar-refractivity contribution is 5.98. The third-order valence-electron chi connectivity index (χ3n) is 5.12. The summed E-state index contributed by atoms with van der Waals surface area (Å²) in [6.07, 6.45) is 0. The lowest BCUT2D eigenvalue weighted by atomic mass is 9.99. The molecule has 3 rings (SSSR count). The van der Waals surface area contributed by atoms with Crippen LogP contribution in [0, 0.1) is 19.7 Å². The van der Waals surface area contributed by atoms with Crippen LogP contribution in [0.1, 0.15) is 57.7 Å². The van der Waals surface area contributed by atoms with Crippen molar-refractivity contribution in [2.45, 2.75) is 39.8 Å². The molecule has 3 amide bonds. The summed E-state index contributed by atoms with van der Waals surface area (Å²) in [4.78, 5) is 37.1. The van der Waals surface area contributed by atoms with Crippen LogP contribution in [0.25, 0.3) is 0 Å². The molecular formula is C25H26FN3O4. The number of nitrogens with one attached hydrogen (secondary N) is 3. The van der Waals surface area contributed by atoms with Crippen LogP contribution in [-0.2, 0) is 4.79 Å². The van der Waals surface area contributed by atoms with Crippen LogP contribution in [-0.4, -0.2) is 23.8 Å². The Bertz CT molecular complexity index is 1170. The van der Waals surface area contributed by atoms with Gasteiger partial charge in [0.05, 0.1) is 23.2 Å². The zero-order valence-corrected chi connectivity index (χ0v) is 18.9. The molecule has 2 atom stereocenters. The standard InChI is InChI=1S/C25H26FN3O4/c1-14-12-20(16(3)33-14)24(31)29-23(18-8-6-5-7-9-18)15(2)27-25(32)21-13-19(28-17(4)30)10-11-22(21)26/h5-13,15,23H,1-4H3,(H,27,32)(H,28,30)(H,29,31). The number of hydrogen-bond acceptors (Lipinski definition) is 4. The lowest BCUT2D eigenvalue weighted by Crippen LogP contribution is -2.44. The first kappa shape index (κ1) is 23.7. The maximum absolute atomic E-state index is 14.4. The van der Waals surface area contributed by atoms with E-state index in [0.29, 0.717) is 22.8 Å². The van der Waals surface area contributed by atoms with Crippen LogP contribution in [0.15, 0.2) is 59.0 Å². The lowest BCUT2D eigenvalue weighted by molar-refractivity contribution is -0.114. The van der Waals surface area contributed by atoms with E-state index in [1.165, 1.54) is 19.1 Å². The van der Waals surface area contributed by atoms with Crippen LogP contribution in [0.2, 0.25) is 0 Å². The molecule has 0 aliphatic heterocycles. The molecule has 0 radical (unpaired) electrons. The molecule has 0 spiro atoms. The van der Waals surface area contributed by atoms with E-state index in [-0.39, 0.29) is 17.4 Å². The van der Waals surface area contributed by atoms with Crippen LogP contribution >= 0.6 is 0 Å². The third-order valence-corrected chi connectivity index (χ3v) is 5.12. The number of amides is 3. The summed E-state index contributed by atoms with van der Waals surface area (Å²) in [7, 11) is 0. The fourth-order valence-electron chi connectivity index (χ4n) is 3.58. The fraction of sp³-hybridized carbons (Fsp3) is 0.240. The number of hydrogen-bond donors (Lipinski definition) is 3. The van der Waals surface area contributed by atoms with Crippen molar-refractivity contribution in [2.24, 2.45) is 0 Å². The van der Waals surface area contributed by atoms with Gasteiger partial charge >= 0.3 is 0 Å². The number of carbonyl (C=O) groups excluding carboxylic acids is 3. The van der Waals surface area contributed by atoms with Crippen molar-refractivity contribution in [2.75, 3.05) is 5.32 Å². The minimum atomic E-state index is -0.724. The van der Waals surface area contributed by atoms with E-state index >= 15 is 0 Å².